The number of halogens is 1. The molecule has 0 spiro atoms. The summed E-state index contributed by atoms with van der Waals surface area (Å²) in [5.74, 6) is -0.179. The van der Waals surface area contributed by atoms with Gasteiger partial charge in [0.15, 0.2) is 0 Å². The number of carbonyl (C=O) groups is 1. The van der Waals surface area contributed by atoms with Crippen LogP contribution < -0.4 is 5.32 Å². The first-order chi connectivity index (χ1) is 8.69. The minimum absolute atomic E-state index is 0.179. The molecule has 0 bridgehead atoms. The number of rotatable bonds is 3. The van der Waals surface area contributed by atoms with Gasteiger partial charge in [-0.25, -0.2) is 9.97 Å². The van der Waals surface area contributed by atoms with Crippen LogP contribution in [0.4, 0.5) is 0 Å². The molecular weight excluding hydrogens is 252 g/mol. The summed E-state index contributed by atoms with van der Waals surface area (Å²) < 4.78 is 0. The van der Waals surface area contributed by atoms with E-state index in [0.29, 0.717) is 10.8 Å². The summed E-state index contributed by atoms with van der Waals surface area (Å²) in [4.78, 5) is 22.1. The molecule has 0 radical (unpaired) electrons. The van der Waals surface area contributed by atoms with Gasteiger partial charge in [0.2, 0.25) is 0 Å². The molecule has 1 aliphatic rings. The Balaban J connectivity index is 1.92. The molecular formula is C12H17ClN4O. The van der Waals surface area contributed by atoms with E-state index in [9.17, 15) is 4.79 Å². The fourth-order valence-electron chi connectivity index (χ4n) is 2.15. The third kappa shape index (κ3) is 3.40. The van der Waals surface area contributed by atoms with Gasteiger partial charge in [-0.2, -0.15) is 0 Å². The van der Waals surface area contributed by atoms with Crippen LogP contribution in [0, 0.1) is 0 Å². The van der Waals surface area contributed by atoms with Crippen molar-refractivity contribution in [1.82, 2.24) is 20.2 Å². The Morgan fingerprint density at radius 1 is 1.56 bits per heavy atom. The first-order valence-electron chi connectivity index (χ1n) is 6.20. The van der Waals surface area contributed by atoms with Gasteiger partial charge in [-0.05, 0) is 25.9 Å². The second-order valence-corrected chi connectivity index (χ2v) is 4.82. The van der Waals surface area contributed by atoms with Gasteiger partial charge < -0.3 is 10.2 Å². The number of nitrogens with zero attached hydrogens (tertiary/aromatic N) is 3. The Morgan fingerprint density at radius 2 is 2.39 bits per heavy atom. The van der Waals surface area contributed by atoms with Crippen molar-refractivity contribution >= 4 is 17.5 Å². The molecule has 0 aliphatic carbocycles. The van der Waals surface area contributed by atoms with Crippen LogP contribution in [0.5, 0.6) is 0 Å². The standard InChI is InChI=1S/C12H17ClN4O/c1-2-17-5-3-4-9(8-17)16-12(18)10-6-15-11(13)7-14-10/h6-7,9H,2-5,8H2,1H3,(H,16,18). The average Bonchev–Trinajstić information content (AvgIpc) is 2.39. The van der Waals surface area contributed by atoms with E-state index in [0.717, 1.165) is 32.5 Å². The molecule has 18 heavy (non-hydrogen) atoms. The van der Waals surface area contributed by atoms with E-state index in [2.05, 4.69) is 27.1 Å². The molecule has 0 aromatic carbocycles. The normalized spacial score (nSPS) is 20.7. The van der Waals surface area contributed by atoms with E-state index in [1.807, 2.05) is 0 Å². The van der Waals surface area contributed by atoms with Gasteiger partial charge in [-0.1, -0.05) is 18.5 Å². The SMILES string of the molecule is CCN1CCCC(NC(=O)c2cnc(Cl)cn2)C1. The van der Waals surface area contributed by atoms with Crippen molar-refractivity contribution in [2.24, 2.45) is 0 Å². The van der Waals surface area contributed by atoms with Gasteiger partial charge in [-0.3, -0.25) is 4.79 Å². The Morgan fingerprint density at radius 3 is 3.06 bits per heavy atom. The van der Waals surface area contributed by atoms with E-state index in [-0.39, 0.29) is 11.9 Å². The number of nitrogens with one attached hydrogen (secondary N) is 1. The number of amides is 1. The number of likely N-dealkylation sites (tertiary alicyclic amines) is 1. The lowest BCUT2D eigenvalue weighted by molar-refractivity contribution is 0.0900. The molecule has 1 aliphatic heterocycles. The predicted octanol–water partition coefficient (Wildman–Crippen LogP) is 1.34. The summed E-state index contributed by atoms with van der Waals surface area (Å²) in [6.45, 7) is 5.18. The minimum atomic E-state index is -0.179. The van der Waals surface area contributed by atoms with E-state index < -0.39 is 0 Å². The van der Waals surface area contributed by atoms with Crippen molar-refractivity contribution < 1.29 is 4.79 Å². The molecule has 1 unspecified atom stereocenters. The smallest absolute Gasteiger partial charge is 0.271 e. The fourth-order valence-corrected chi connectivity index (χ4v) is 2.25. The quantitative estimate of drug-likeness (QED) is 0.899. The van der Waals surface area contributed by atoms with E-state index in [1.54, 1.807) is 0 Å². The average molecular weight is 269 g/mol. The fraction of sp³-hybridized carbons (Fsp3) is 0.583. The van der Waals surface area contributed by atoms with Crippen molar-refractivity contribution in [3.63, 3.8) is 0 Å². The van der Waals surface area contributed by atoms with E-state index in [4.69, 9.17) is 11.6 Å². The van der Waals surface area contributed by atoms with Crippen molar-refractivity contribution in [2.45, 2.75) is 25.8 Å². The molecule has 98 valence electrons. The summed E-state index contributed by atoms with van der Waals surface area (Å²) in [6, 6.07) is 0.198. The molecule has 1 amide bonds. The van der Waals surface area contributed by atoms with Crippen LogP contribution in [0.25, 0.3) is 0 Å². The maximum absolute atomic E-state index is 11.9. The minimum Gasteiger partial charge on any atom is -0.347 e. The molecule has 1 fully saturated rings. The van der Waals surface area contributed by atoms with E-state index in [1.165, 1.54) is 12.4 Å². The Kier molecular flexibility index (Phi) is 4.49. The Labute approximate surface area is 112 Å². The van der Waals surface area contributed by atoms with Crippen LogP contribution in [0.2, 0.25) is 5.15 Å². The summed E-state index contributed by atoms with van der Waals surface area (Å²) >= 11 is 5.63. The first-order valence-corrected chi connectivity index (χ1v) is 6.57. The number of piperidine rings is 1. The molecule has 5 nitrogen and oxygen atoms in total. The van der Waals surface area contributed by atoms with Crippen LogP contribution in [-0.4, -0.2) is 46.5 Å². The monoisotopic (exact) mass is 268 g/mol. The Bertz CT molecular complexity index is 409. The number of hydrogen-bond acceptors (Lipinski definition) is 4. The highest BCUT2D eigenvalue weighted by Gasteiger charge is 2.21. The van der Waals surface area contributed by atoms with Crippen LogP contribution in [0.3, 0.4) is 0 Å². The lowest BCUT2D eigenvalue weighted by Crippen LogP contribution is -2.47. The van der Waals surface area contributed by atoms with Gasteiger partial charge in [0, 0.05) is 12.6 Å². The first kappa shape index (κ1) is 13.2. The van der Waals surface area contributed by atoms with Crippen molar-refractivity contribution in [3.05, 3.63) is 23.2 Å². The van der Waals surface area contributed by atoms with E-state index >= 15 is 0 Å². The highest BCUT2D eigenvalue weighted by molar-refractivity contribution is 6.29. The van der Waals surface area contributed by atoms with Crippen molar-refractivity contribution in [1.29, 1.82) is 0 Å². The number of aromatic nitrogens is 2. The second-order valence-electron chi connectivity index (χ2n) is 4.43. The summed E-state index contributed by atoms with van der Waals surface area (Å²) in [6.07, 6.45) is 4.92. The zero-order valence-electron chi connectivity index (χ0n) is 10.4. The van der Waals surface area contributed by atoms with Crippen LogP contribution in [0.1, 0.15) is 30.3 Å². The van der Waals surface area contributed by atoms with Crippen LogP contribution >= 0.6 is 11.6 Å². The molecule has 1 aromatic rings. The zero-order chi connectivity index (χ0) is 13.0. The molecule has 1 N–H and O–H groups in total. The summed E-state index contributed by atoms with van der Waals surface area (Å²) in [7, 11) is 0. The van der Waals surface area contributed by atoms with Crippen molar-refractivity contribution in [3.8, 4) is 0 Å². The molecule has 1 saturated heterocycles. The highest BCUT2D eigenvalue weighted by Crippen LogP contribution is 2.10. The Hall–Kier alpha value is -1.20. The largest absolute Gasteiger partial charge is 0.347 e. The van der Waals surface area contributed by atoms with Crippen molar-refractivity contribution in [2.75, 3.05) is 19.6 Å². The third-order valence-corrected chi connectivity index (χ3v) is 3.34. The number of carbonyl (C=O) groups excluding carboxylic acids is 1. The molecule has 1 atom stereocenters. The topological polar surface area (TPSA) is 58.1 Å². The molecule has 1 aromatic heterocycles. The second kappa shape index (κ2) is 6.11. The van der Waals surface area contributed by atoms with Crippen LogP contribution in [-0.2, 0) is 0 Å². The zero-order valence-corrected chi connectivity index (χ0v) is 11.2. The maximum atomic E-state index is 11.9. The molecule has 2 heterocycles. The van der Waals surface area contributed by atoms with Crippen LogP contribution in [0.15, 0.2) is 12.4 Å². The maximum Gasteiger partial charge on any atom is 0.271 e. The lowest BCUT2D eigenvalue weighted by Gasteiger charge is -2.32. The number of hydrogen-bond donors (Lipinski definition) is 1. The number of likely N-dealkylation sites (N-methyl/N-ethyl adjacent to an activating group) is 1. The molecule has 0 saturated carbocycles. The van der Waals surface area contributed by atoms with Gasteiger partial charge in [0.25, 0.3) is 5.91 Å². The van der Waals surface area contributed by atoms with Gasteiger partial charge >= 0.3 is 0 Å². The lowest BCUT2D eigenvalue weighted by atomic mass is 10.1. The predicted molar refractivity (Wildman–Crippen MR) is 69.6 cm³/mol. The third-order valence-electron chi connectivity index (χ3n) is 3.14. The highest BCUT2D eigenvalue weighted by atomic mass is 35.5. The van der Waals surface area contributed by atoms with Gasteiger partial charge in [0.05, 0.1) is 12.4 Å². The summed E-state index contributed by atoms with van der Waals surface area (Å²) in [5.41, 5.74) is 0.313. The summed E-state index contributed by atoms with van der Waals surface area (Å²) in [5, 5.41) is 3.29. The van der Waals surface area contributed by atoms with Gasteiger partial charge in [-0.15, -0.1) is 0 Å². The molecule has 6 heteroatoms. The molecule has 2 rings (SSSR count). The van der Waals surface area contributed by atoms with Gasteiger partial charge in [0.1, 0.15) is 10.8 Å².